The highest BCUT2D eigenvalue weighted by atomic mass is 127. The second kappa shape index (κ2) is 9.48. The molecular formula is C18H28IN5O4. The highest BCUT2D eigenvalue weighted by Crippen LogP contribution is 2.18. The Morgan fingerprint density at radius 2 is 2.11 bits per heavy atom. The van der Waals surface area contributed by atoms with Crippen LogP contribution in [-0.2, 0) is 4.74 Å². The summed E-state index contributed by atoms with van der Waals surface area (Å²) in [6.45, 7) is 9.16. The normalized spacial score (nSPS) is 18.7. The molecule has 1 aromatic heterocycles. The number of furan rings is 1. The number of aliphatic imine (C=N–C) groups is 1. The van der Waals surface area contributed by atoms with Gasteiger partial charge in [0.15, 0.2) is 11.7 Å². The molecule has 10 heteroatoms. The summed E-state index contributed by atoms with van der Waals surface area (Å²) in [5.41, 5.74) is -0.493. The zero-order valence-corrected chi connectivity index (χ0v) is 18.8. The Bertz CT molecular complexity index is 701. The monoisotopic (exact) mass is 505 g/mol. The number of fused-ring (bicyclic) bond motifs is 1. The Kier molecular flexibility index (Phi) is 7.55. The van der Waals surface area contributed by atoms with Gasteiger partial charge in [0.1, 0.15) is 5.60 Å². The Hall–Kier alpha value is -1.98. The van der Waals surface area contributed by atoms with E-state index < -0.39 is 5.60 Å². The lowest BCUT2D eigenvalue weighted by molar-refractivity contribution is 0.0137. The number of nitrogens with one attached hydrogen (secondary N) is 2. The lowest BCUT2D eigenvalue weighted by Crippen LogP contribution is -2.57. The van der Waals surface area contributed by atoms with Crippen LogP contribution in [0.5, 0.6) is 0 Å². The van der Waals surface area contributed by atoms with Crippen molar-refractivity contribution >= 4 is 41.9 Å². The fourth-order valence-electron chi connectivity index (χ4n) is 3.07. The van der Waals surface area contributed by atoms with Gasteiger partial charge in [-0.3, -0.25) is 9.79 Å². The van der Waals surface area contributed by atoms with E-state index in [1.165, 1.54) is 6.26 Å². The van der Waals surface area contributed by atoms with Crippen molar-refractivity contribution in [2.75, 3.05) is 39.3 Å². The predicted octanol–water partition coefficient (Wildman–Crippen LogP) is 1.51. The van der Waals surface area contributed by atoms with Crippen molar-refractivity contribution in [2.45, 2.75) is 32.4 Å². The summed E-state index contributed by atoms with van der Waals surface area (Å²) >= 11 is 0. The molecule has 1 aromatic rings. The van der Waals surface area contributed by atoms with Crippen molar-refractivity contribution in [3.8, 4) is 0 Å². The number of amides is 2. The number of guanidine groups is 1. The van der Waals surface area contributed by atoms with E-state index >= 15 is 0 Å². The van der Waals surface area contributed by atoms with Crippen LogP contribution >= 0.6 is 24.0 Å². The molecule has 1 atom stereocenters. The smallest absolute Gasteiger partial charge is 0.410 e. The van der Waals surface area contributed by atoms with Gasteiger partial charge in [0.25, 0.3) is 5.91 Å². The second-order valence-corrected chi connectivity index (χ2v) is 7.60. The number of ether oxygens (including phenoxy) is 1. The Labute approximate surface area is 181 Å². The molecule has 2 aliphatic heterocycles. The Morgan fingerprint density at radius 1 is 1.32 bits per heavy atom. The molecule has 1 fully saturated rings. The number of hydrogen-bond acceptors (Lipinski definition) is 7. The van der Waals surface area contributed by atoms with Gasteiger partial charge >= 0.3 is 6.09 Å². The van der Waals surface area contributed by atoms with Gasteiger partial charge in [-0.25, -0.2) is 4.79 Å². The molecule has 1 saturated heterocycles. The first kappa shape index (κ1) is 22.3. The molecule has 3 heterocycles. The largest absolute Gasteiger partial charge is 0.459 e. The van der Waals surface area contributed by atoms with Gasteiger partial charge in [-0.1, -0.05) is 0 Å². The van der Waals surface area contributed by atoms with Crippen LogP contribution < -0.4 is 10.6 Å². The molecule has 0 radical (unpaired) electrons. The number of carbonyl (C=O) groups is 2. The predicted molar refractivity (Wildman–Crippen MR) is 115 cm³/mol. The molecular weight excluding hydrogens is 477 g/mol. The molecule has 3 rings (SSSR count). The first-order valence-electron chi connectivity index (χ1n) is 9.18. The maximum atomic E-state index is 12.2. The summed E-state index contributed by atoms with van der Waals surface area (Å²) in [6, 6.07) is 3.46. The molecule has 1 unspecified atom stereocenters. The summed E-state index contributed by atoms with van der Waals surface area (Å²) in [5.74, 6) is 0.877. The average Bonchev–Trinajstić information content (AvgIpc) is 3.26. The second-order valence-electron chi connectivity index (χ2n) is 7.60. The van der Waals surface area contributed by atoms with Crippen LogP contribution in [0.15, 0.2) is 27.8 Å². The highest BCUT2D eigenvalue weighted by molar-refractivity contribution is 14.0. The minimum atomic E-state index is -0.493. The number of carbonyl (C=O) groups excluding carboxylic acids is 2. The summed E-state index contributed by atoms with van der Waals surface area (Å²) in [6.07, 6.45) is 1.20. The topological polar surface area (TPSA) is 99.4 Å². The molecule has 2 aliphatic rings. The summed E-state index contributed by atoms with van der Waals surface area (Å²) in [7, 11) is 0. The first-order chi connectivity index (χ1) is 12.8. The molecule has 0 bridgehead atoms. The third kappa shape index (κ3) is 5.76. The van der Waals surface area contributed by atoms with E-state index in [1.54, 1.807) is 17.0 Å². The van der Waals surface area contributed by atoms with Crippen LogP contribution in [0, 0.1) is 0 Å². The summed E-state index contributed by atoms with van der Waals surface area (Å²) in [5, 5.41) is 6.05. The van der Waals surface area contributed by atoms with Crippen molar-refractivity contribution in [3.05, 3.63) is 24.2 Å². The zero-order chi connectivity index (χ0) is 19.4. The molecule has 2 N–H and O–H groups in total. The Morgan fingerprint density at radius 3 is 2.79 bits per heavy atom. The van der Waals surface area contributed by atoms with Gasteiger partial charge in [0, 0.05) is 32.7 Å². The maximum Gasteiger partial charge on any atom is 0.410 e. The standard InChI is InChI=1S/C18H27N5O4.HI/c1-18(2,3)27-17(25)22-8-9-23-13(12-22)11-21-16(23)20-7-6-19-15(24)14-5-4-10-26-14;/h4-5,10,13H,6-9,11-12H2,1-3H3,(H,19,24)(H,20,21);1H. The lowest BCUT2D eigenvalue weighted by atomic mass is 10.2. The molecule has 0 spiro atoms. The SMILES string of the molecule is CC(C)(C)OC(=O)N1CCN2C(NCCNC(=O)c3ccco3)=NCC2C1.I. The quantitative estimate of drug-likeness (QED) is 0.476. The van der Waals surface area contributed by atoms with Gasteiger partial charge < -0.3 is 29.6 Å². The number of piperazine rings is 1. The van der Waals surface area contributed by atoms with Crippen LogP contribution in [0.1, 0.15) is 31.3 Å². The van der Waals surface area contributed by atoms with E-state index in [0.29, 0.717) is 45.0 Å². The molecule has 0 saturated carbocycles. The number of rotatable bonds is 4. The summed E-state index contributed by atoms with van der Waals surface area (Å²) < 4.78 is 10.5. The van der Waals surface area contributed by atoms with Crippen LogP contribution in [0.2, 0.25) is 0 Å². The minimum absolute atomic E-state index is 0. The Balaban J connectivity index is 0.00000280. The van der Waals surface area contributed by atoms with Gasteiger partial charge in [0.2, 0.25) is 0 Å². The fourth-order valence-corrected chi connectivity index (χ4v) is 3.07. The van der Waals surface area contributed by atoms with Gasteiger partial charge in [-0.15, -0.1) is 24.0 Å². The van der Waals surface area contributed by atoms with E-state index in [2.05, 4.69) is 20.5 Å². The average molecular weight is 505 g/mol. The molecule has 0 aliphatic carbocycles. The van der Waals surface area contributed by atoms with Crippen LogP contribution in [0.3, 0.4) is 0 Å². The molecule has 156 valence electrons. The number of hydrogen-bond donors (Lipinski definition) is 2. The van der Waals surface area contributed by atoms with Crippen molar-refractivity contribution in [3.63, 3.8) is 0 Å². The van der Waals surface area contributed by atoms with E-state index in [4.69, 9.17) is 9.15 Å². The number of halogens is 1. The van der Waals surface area contributed by atoms with E-state index in [0.717, 1.165) is 5.96 Å². The zero-order valence-electron chi connectivity index (χ0n) is 16.4. The summed E-state index contributed by atoms with van der Waals surface area (Å²) in [4.78, 5) is 32.5. The fraction of sp³-hybridized carbons (Fsp3) is 0.611. The van der Waals surface area contributed by atoms with Gasteiger partial charge in [-0.2, -0.15) is 0 Å². The maximum absolute atomic E-state index is 12.2. The van der Waals surface area contributed by atoms with Crippen LogP contribution in [0.4, 0.5) is 4.79 Å². The third-order valence-corrected chi connectivity index (χ3v) is 4.30. The van der Waals surface area contributed by atoms with Crippen molar-refractivity contribution in [1.82, 2.24) is 20.4 Å². The minimum Gasteiger partial charge on any atom is -0.459 e. The third-order valence-electron chi connectivity index (χ3n) is 4.30. The molecule has 2 amide bonds. The molecule has 9 nitrogen and oxygen atoms in total. The lowest BCUT2D eigenvalue weighted by Gasteiger charge is -2.39. The van der Waals surface area contributed by atoms with Crippen molar-refractivity contribution in [1.29, 1.82) is 0 Å². The van der Waals surface area contributed by atoms with Gasteiger partial charge in [-0.05, 0) is 32.9 Å². The molecule has 28 heavy (non-hydrogen) atoms. The van der Waals surface area contributed by atoms with Crippen molar-refractivity contribution < 1.29 is 18.7 Å². The van der Waals surface area contributed by atoms with E-state index in [9.17, 15) is 9.59 Å². The van der Waals surface area contributed by atoms with E-state index in [1.807, 2.05) is 20.8 Å². The highest BCUT2D eigenvalue weighted by Gasteiger charge is 2.36. The van der Waals surface area contributed by atoms with Gasteiger partial charge in [0.05, 0.1) is 18.8 Å². The molecule has 0 aromatic carbocycles. The first-order valence-corrected chi connectivity index (χ1v) is 9.18. The van der Waals surface area contributed by atoms with E-state index in [-0.39, 0.29) is 42.0 Å². The van der Waals surface area contributed by atoms with Crippen LogP contribution in [-0.4, -0.2) is 78.7 Å². The number of nitrogens with zero attached hydrogens (tertiary/aromatic N) is 3. The van der Waals surface area contributed by atoms with Crippen LogP contribution in [0.25, 0.3) is 0 Å². The van der Waals surface area contributed by atoms with Crippen molar-refractivity contribution in [2.24, 2.45) is 4.99 Å².